The molecule has 0 bridgehead atoms. The van der Waals surface area contributed by atoms with Crippen LogP contribution in [0.15, 0.2) is 0 Å². The number of ether oxygens (including phenoxy) is 2. The maximum Gasteiger partial charge on any atom is 0.373 e. The van der Waals surface area contributed by atoms with Crippen molar-refractivity contribution in [1.82, 2.24) is 69.1 Å². The maximum atomic E-state index is 11.5. The van der Waals surface area contributed by atoms with Gasteiger partial charge in [-0.1, -0.05) is 80.6 Å². The van der Waals surface area contributed by atoms with Crippen LogP contribution < -0.4 is 69.1 Å². The molecular weight excluding hydrogens is 1600 g/mol. The summed E-state index contributed by atoms with van der Waals surface area (Å²) in [6, 6.07) is -2.53. The average Bonchev–Trinajstić information content (AvgIpc) is 0.807. The molecule has 0 amide bonds. The summed E-state index contributed by atoms with van der Waals surface area (Å²) >= 11 is 0. The third-order valence-electron chi connectivity index (χ3n) is 18.1. The van der Waals surface area contributed by atoms with E-state index in [1.165, 1.54) is 33.9 Å². The van der Waals surface area contributed by atoms with Gasteiger partial charge in [-0.25, -0.2) is 0 Å². The number of carboxylic acids is 10. The SMILES string of the molecule is CCC(C)C(C)NC.CCC(NC)C(=O)O.CCOC(=O)C1(NC)CCC1.CCOC(=O)[C@@H]1CCCC[C@H]1NC.CNC(C(=O)O)C(C)C.CNC(C(=O)O)C(C)O.CNC(C)(C)C(=O)O.CNC(C)C(=O)O.CNC(C)C(=O)O.CNC(CC(C)C)C(=O)O.CNC(CO)C(=O)O.CNCC(=O)O.CN[C@@H]1CCCC[C@@H]1C(=O)O.O=C=O.O=C=O. The Morgan fingerprint density at radius 1 is 0.455 bits per heavy atom. The lowest BCUT2D eigenvalue weighted by Crippen LogP contribution is -2.56. The van der Waals surface area contributed by atoms with Gasteiger partial charge in [0.05, 0.1) is 44.3 Å². The first-order chi connectivity index (χ1) is 56.2. The van der Waals surface area contributed by atoms with Crippen LogP contribution >= 0.6 is 0 Å². The third kappa shape index (κ3) is 83.8. The van der Waals surface area contributed by atoms with Gasteiger partial charge < -0.3 is 140 Å². The summed E-state index contributed by atoms with van der Waals surface area (Å²) in [6.07, 6.45) is 13.7. The van der Waals surface area contributed by atoms with Gasteiger partial charge in [0.25, 0.3) is 0 Å². The fourth-order valence-electron chi connectivity index (χ4n) is 9.20. The average molecular weight is 1760 g/mol. The largest absolute Gasteiger partial charge is 0.481 e. The van der Waals surface area contributed by atoms with Crippen molar-refractivity contribution in [1.29, 1.82) is 0 Å². The molecule has 25 N–H and O–H groups in total. The van der Waals surface area contributed by atoms with E-state index in [4.69, 9.17) is 89.9 Å². The van der Waals surface area contributed by atoms with Crippen LogP contribution in [0.5, 0.6) is 0 Å². The van der Waals surface area contributed by atoms with Gasteiger partial charge >= 0.3 is 83.9 Å². The molecule has 3 aliphatic carbocycles. The molecule has 43 nitrogen and oxygen atoms in total. The summed E-state index contributed by atoms with van der Waals surface area (Å²) < 4.78 is 9.97. The Morgan fingerprint density at radius 2 is 0.826 bits per heavy atom. The van der Waals surface area contributed by atoms with Crippen molar-refractivity contribution in [3.8, 4) is 0 Å². The van der Waals surface area contributed by atoms with Gasteiger partial charge in [0.15, 0.2) is 0 Å². The van der Waals surface area contributed by atoms with E-state index in [0.717, 1.165) is 70.1 Å². The molecule has 3 rings (SSSR count). The lowest BCUT2D eigenvalue weighted by atomic mass is 9.77. The van der Waals surface area contributed by atoms with Gasteiger partial charge in [0, 0.05) is 18.1 Å². The van der Waals surface area contributed by atoms with Gasteiger partial charge in [-0.15, -0.1) is 0 Å². The lowest BCUT2D eigenvalue weighted by Gasteiger charge is -2.38. The monoisotopic (exact) mass is 1760 g/mol. The quantitative estimate of drug-likeness (QED) is 0.0391. The van der Waals surface area contributed by atoms with Crippen molar-refractivity contribution in [2.45, 2.75) is 271 Å². The second kappa shape index (κ2) is 91.0. The molecule has 43 heteroatoms. The highest BCUT2D eigenvalue weighted by Gasteiger charge is 2.44. The van der Waals surface area contributed by atoms with Crippen LogP contribution in [-0.2, 0) is 86.2 Å². The molecule has 0 aromatic rings. The number of hydrogen-bond acceptors (Lipinski definition) is 33. The Morgan fingerprint density at radius 3 is 0.950 bits per heavy atom. The number of hydrogen-bond donors (Lipinski definition) is 25. The van der Waals surface area contributed by atoms with Crippen molar-refractivity contribution in [2.24, 2.45) is 29.6 Å². The first kappa shape index (κ1) is 139. The molecule has 121 heavy (non-hydrogen) atoms. The first-order valence-electron chi connectivity index (χ1n) is 39.8. The van der Waals surface area contributed by atoms with Crippen LogP contribution in [0.1, 0.15) is 194 Å². The summed E-state index contributed by atoms with van der Waals surface area (Å²) in [6.45, 7) is 28.4. The zero-order chi connectivity index (χ0) is 97.9. The number of esters is 2. The highest BCUT2D eigenvalue weighted by molar-refractivity contribution is 5.82. The van der Waals surface area contributed by atoms with Crippen LogP contribution in [0.2, 0.25) is 0 Å². The minimum Gasteiger partial charge on any atom is -0.481 e. The molecule has 718 valence electrons. The zero-order valence-electron chi connectivity index (χ0n) is 77.2. The van der Waals surface area contributed by atoms with Crippen LogP contribution in [0.25, 0.3) is 0 Å². The van der Waals surface area contributed by atoms with E-state index in [1.54, 1.807) is 77.0 Å². The third-order valence-corrected chi connectivity index (χ3v) is 18.1. The predicted octanol–water partition coefficient (Wildman–Crippen LogP) is 0.839. The Bertz CT molecular complexity index is 2610. The Hall–Kier alpha value is -8.20. The molecule has 0 aromatic carbocycles. The maximum absolute atomic E-state index is 11.5. The van der Waals surface area contributed by atoms with E-state index in [2.05, 4.69) is 89.9 Å². The van der Waals surface area contributed by atoms with Gasteiger partial charge in [-0.3, -0.25) is 57.5 Å². The summed E-state index contributed by atoms with van der Waals surface area (Å²) in [5.74, 6) is -7.16. The van der Waals surface area contributed by atoms with Crippen LogP contribution in [0, 0.1) is 29.6 Å². The predicted molar refractivity (Wildman–Crippen MR) is 455 cm³/mol. The van der Waals surface area contributed by atoms with E-state index in [1.807, 2.05) is 76.7 Å². The molecule has 0 heterocycles. The smallest absolute Gasteiger partial charge is 0.373 e. The molecule has 10 unspecified atom stereocenters. The second-order valence-corrected chi connectivity index (χ2v) is 28.0. The van der Waals surface area contributed by atoms with Crippen LogP contribution in [0.4, 0.5) is 0 Å². The van der Waals surface area contributed by atoms with Crippen molar-refractivity contribution in [3.63, 3.8) is 0 Å². The van der Waals surface area contributed by atoms with Crippen molar-refractivity contribution >= 4 is 83.9 Å². The minimum atomic E-state index is -1.03. The molecule has 0 aromatic heterocycles. The van der Waals surface area contributed by atoms with Gasteiger partial charge in [0.2, 0.25) is 0 Å². The molecule has 3 aliphatic rings. The Labute approximate surface area is 716 Å². The normalized spacial score (nSPS) is 17.0. The molecule has 3 saturated carbocycles. The number of rotatable bonds is 35. The topological polar surface area (TPSA) is 691 Å². The van der Waals surface area contributed by atoms with Crippen molar-refractivity contribution < 1.29 is 147 Å². The highest BCUT2D eigenvalue weighted by Crippen LogP contribution is 2.32. The zero-order valence-corrected chi connectivity index (χ0v) is 77.2. The van der Waals surface area contributed by atoms with Gasteiger partial charge in [-0.2, -0.15) is 19.2 Å². The summed E-state index contributed by atoms with van der Waals surface area (Å²) in [5, 5.41) is 136. The van der Waals surface area contributed by atoms with E-state index in [9.17, 15) is 57.5 Å². The Balaban J connectivity index is -0.000000106. The Kier molecular flexibility index (Phi) is 104. The number of aliphatic carboxylic acids is 10. The standard InChI is InChI=1S/C10H19NO2.2C8H15NO2.C7H15NO2.C7H17N.C6H13NO2.C5H11NO3.2C5H11NO2.C4H9NO3.2C4H9NO2.C3H7NO2.2CO2/c1-3-13-10(12)8-6-4-5-7-9(8)11-2;1-9-7-5-3-2-4-6(7)8(10)11;1-3-11-7(10)8(9-2)5-4-6-8;1-5(2)4-6(8-3)7(9)10;1-5-6(2)7(3)8-4;1-4(2)5(7-3)6(8)9;1-3(7)4(6-2)5(8)9;1-5(2,6-3)4(7)8;1-3-4(6-2)5(7)8;1-5-3(2-6)4(7)8;2*1-3(5-2)4(6)7;1-4-2-3(5)6;2*2-1-3/h8-9,11H,3-7H2,1-2H3;6-7,9H,2-5H2,1H3,(H,10,11);9H,3-6H2,1-2H3;5-6,8H,4H2,1-3H3,(H,9,10);6-8H,5H2,1-4H3;4-5,7H,1-3H3,(H,8,9);3-4,6-7H,1-2H3,(H,8,9);6H,1-3H3,(H,7,8);4,6H,3H2,1-2H3,(H,7,8);3,5-6H,2H2,1H3,(H,7,8);2*3,5H,1-2H3,(H,6,7);4H,2H2,1H3,(H,5,6);;/t8-,9-;6-,7+;;;;;;;;;;;;;/m10............./s1. The molecule has 0 radical (unpaired) electrons. The molecular formula is C78H161N13O30. The number of carbonyl (C=O) groups excluding carboxylic acids is 6. The lowest BCUT2D eigenvalue weighted by molar-refractivity contribution is -0.193. The summed E-state index contributed by atoms with van der Waals surface area (Å²) in [4.78, 5) is 156. The number of aliphatic hydroxyl groups is 2. The summed E-state index contributed by atoms with van der Waals surface area (Å²) in [5.41, 5.74) is -1.13. The highest BCUT2D eigenvalue weighted by atomic mass is 16.5. The number of aliphatic hydroxyl groups excluding tert-OH is 2. The van der Waals surface area contributed by atoms with Crippen LogP contribution in [-0.4, -0.2) is 341 Å². The van der Waals surface area contributed by atoms with E-state index in [0.29, 0.717) is 44.1 Å². The fraction of sp³-hybridized carbons (Fsp3) is 0.821. The first-order valence-corrected chi connectivity index (χ1v) is 39.8. The van der Waals surface area contributed by atoms with Gasteiger partial charge in [0.1, 0.15) is 53.4 Å². The molecule has 3 fully saturated rings. The van der Waals surface area contributed by atoms with Crippen molar-refractivity contribution in [3.05, 3.63) is 0 Å². The van der Waals surface area contributed by atoms with Crippen LogP contribution in [0.3, 0.4) is 0 Å². The van der Waals surface area contributed by atoms with Gasteiger partial charge in [-0.05, 0) is 223 Å². The van der Waals surface area contributed by atoms with E-state index >= 15 is 0 Å². The molecule has 0 spiro atoms. The molecule has 14 atom stereocenters. The minimum absolute atomic E-state index is 0.0263. The number of nitrogens with one attached hydrogen (secondary N) is 13. The second-order valence-electron chi connectivity index (χ2n) is 28.0. The summed E-state index contributed by atoms with van der Waals surface area (Å²) in [7, 11) is 21.9. The van der Waals surface area contributed by atoms with E-state index < -0.39 is 102 Å². The number of carbonyl (C=O) groups is 12. The molecule has 0 saturated heterocycles. The van der Waals surface area contributed by atoms with E-state index in [-0.39, 0.29) is 78.8 Å². The number of likely N-dealkylation sites (N-methyl/N-ethyl adjacent to an activating group) is 10. The van der Waals surface area contributed by atoms with Crippen molar-refractivity contribution in [2.75, 3.05) is 118 Å². The fourth-order valence-corrected chi connectivity index (χ4v) is 9.20. The number of carboxylic acid groups (broad SMARTS) is 10. The molecule has 0 aliphatic heterocycles.